The van der Waals surface area contributed by atoms with E-state index in [-0.39, 0.29) is 11.8 Å². The first-order valence-electron chi connectivity index (χ1n) is 16.1. The van der Waals surface area contributed by atoms with Crippen LogP contribution in [0.2, 0.25) is 0 Å². The van der Waals surface area contributed by atoms with Crippen LogP contribution < -0.4 is 16.0 Å². The number of para-hydroxylation sites is 1. The molecule has 0 saturated heterocycles. The third kappa shape index (κ3) is 6.56. The normalized spacial score (nSPS) is 17.1. The molecule has 0 bridgehead atoms. The number of anilines is 1. The molecule has 6 nitrogen and oxygen atoms in total. The third-order valence-corrected chi connectivity index (χ3v) is 9.28. The van der Waals surface area contributed by atoms with Gasteiger partial charge in [-0.15, -0.1) is 0 Å². The van der Waals surface area contributed by atoms with Crippen molar-refractivity contribution in [1.82, 2.24) is 5.32 Å². The molecule has 0 spiro atoms. The van der Waals surface area contributed by atoms with Crippen LogP contribution in [-0.2, 0) is 20.9 Å². The maximum absolute atomic E-state index is 14.7. The standard InChI is InChI=1S/C39H41N3O3/c1-3-9-33(37(40)43)34(23-26-18-19-26)38(44)41-36-32-14-5-4-12-30(32)31-13-6-7-15-35(31)42(39(36)45)24-27-10-8-11-29(22-27)28-20-16-25(2)17-21-28/h4-8,10-17,20-22,26,33-34,36H,3,9,18-19,23-24H2,1-2H3,(H2,40,43)(H,41,44)/t33-,34+,36?/m0/s1. The summed E-state index contributed by atoms with van der Waals surface area (Å²) in [5.41, 5.74) is 13.6. The fraction of sp³-hybridized carbons (Fsp3) is 0.308. The first-order valence-corrected chi connectivity index (χ1v) is 16.1. The van der Waals surface area contributed by atoms with Gasteiger partial charge >= 0.3 is 0 Å². The Balaban J connectivity index is 1.38. The van der Waals surface area contributed by atoms with Crippen molar-refractivity contribution in [2.24, 2.45) is 23.5 Å². The van der Waals surface area contributed by atoms with Crippen LogP contribution in [0.3, 0.4) is 0 Å². The second-order valence-electron chi connectivity index (χ2n) is 12.6. The Morgan fingerprint density at radius 2 is 1.58 bits per heavy atom. The van der Waals surface area contributed by atoms with Gasteiger partial charge in [0.15, 0.2) is 0 Å². The number of nitrogens with zero attached hydrogens (tertiary/aromatic N) is 1. The number of primary amides is 1. The molecule has 0 aromatic heterocycles. The van der Waals surface area contributed by atoms with E-state index in [1.54, 1.807) is 4.90 Å². The molecule has 1 aliphatic carbocycles. The van der Waals surface area contributed by atoms with Gasteiger partial charge < -0.3 is 16.0 Å². The smallest absolute Gasteiger partial charge is 0.254 e. The van der Waals surface area contributed by atoms with Gasteiger partial charge in [0.25, 0.3) is 5.91 Å². The van der Waals surface area contributed by atoms with Crippen LogP contribution in [0.15, 0.2) is 97.1 Å². The predicted molar refractivity (Wildman–Crippen MR) is 179 cm³/mol. The van der Waals surface area contributed by atoms with Crippen LogP contribution >= 0.6 is 0 Å². The van der Waals surface area contributed by atoms with Gasteiger partial charge in [-0.25, -0.2) is 0 Å². The summed E-state index contributed by atoms with van der Waals surface area (Å²) in [4.78, 5) is 43.2. The van der Waals surface area contributed by atoms with Gasteiger partial charge in [-0.05, 0) is 65.6 Å². The number of hydrogen-bond donors (Lipinski definition) is 2. The Labute approximate surface area is 265 Å². The first kappa shape index (κ1) is 30.3. The van der Waals surface area contributed by atoms with E-state index >= 15 is 0 Å². The summed E-state index contributed by atoms with van der Waals surface area (Å²) in [6, 6.07) is 31.5. The average Bonchev–Trinajstić information content (AvgIpc) is 3.89. The Hall–Kier alpha value is -4.71. The lowest BCUT2D eigenvalue weighted by Gasteiger charge is -2.29. The number of nitrogens with one attached hydrogen (secondary N) is 1. The van der Waals surface area contributed by atoms with Crippen LogP contribution in [0.4, 0.5) is 5.69 Å². The molecule has 1 aliphatic heterocycles. The third-order valence-electron chi connectivity index (χ3n) is 9.28. The van der Waals surface area contributed by atoms with Gasteiger partial charge in [-0.2, -0.15) is 0 Å². The molecule has 230 valence electrons. The Bertz CT molecular complexity index is 1710. The van der Waals surface area contributed by atoms with Crippen molar-refractivity contribution in [3.05, 3.63) is 114 Å². The Morgan fingerprint density at radius 3 is 2.29 bits per heavy atom. The molecule has 45 heavy (non-hydrogen) atoms. The van der Waals surface area contributed by atoms with Gasteiger partial charge in [-0.1, -0.05) is 117 Å². The molecule has 6 rings (SSSR count). The number of rotatable bonds is 11. The fourth-order valence-corrected chi connectivity index (χ4v) is 6.69. The zero-order valence-corrected chi connectivity index (χ0v) is 26.0. The van der Waals surface area contributed by atoms with E-state index in [0.29, 0.717) is 25.3 Å². The van der Waals surface area contributed by atoms with E-state index in [1.807, 2.05) is 67.6 Å². The largest absolute Gasteiger partial charge is 0.369 e. The van der Waals surface area contributed by atoms with Crippen molar-refractivity contribution in [1.29, 1.82) is 0 Å². The lowest BCUT2D eigenvalue weighted by atomic mass is 9.83. The number of hydrogen-bond acceptors (Lipinski definition) is 3. The summed E-state index contributed by atoms with van der Waals surface area (Å²) in [6.45, 7) is 4.40. The zero-order chi connectivity index (χ0) is 31.5. The molecule has 3 N–H and O–H groups in total. The average molecular weight is 600 g/mol. The summed E-state index contributed by atoms with van der Waals surface area (Å²) in [5.74, 6) is -1.66. The SMILES string of the molecule is CCC[C@H](C(N)=O)[C@@H](CC1CC1)C(=O)NC1C(=O)N(Cc2cccc(-c3ccc(C)cc3)c2)c2ccccc2-c2ccccc21. The molecular formula is C39H41N3O3. The molecule has 6 heteroatoms. The van der Waals surface area contributed by atoms with Crippen molar-refractivity contribution >= 4 is 23.4 Å². The van der Waals surface area contributed by atoms with Crippen molar-refractivity contribution in [2.45, 2.75) is 58.5 Å². The van der Waals surface area contributed by atoms with Crippen LogP contribution in [0.5, 0.6) is 0 Å². The monoisotopic (exact) mass is 599 g/mol. The number of fused-ring (bicyclic) bond motifs is 3. The van der Waals surface area contributed by atoms with Crippen LogP contribution in [0.1, 0.15) is 61.8 Å². The van der Waals surface area contributed by atoms with E-state index < -0.39 is 23.8 Å². The molecule has 3 amide bonds. The van der Waals surface area contributed by atoms with Crippen molar-refractivity contribution in [3.8, 4) is 22.3 Å². The predicted octanol–water partition coefficient (Wildman–Crippen LogP) is 7.35. The molecule has 1 fully saturated rings. The highest BCUT2D eigenvalue weighted by Gasteiger charge is 2.40. The van der Waals surface area contributed by atoms with E-state index in [4.69, 9.17) is 5.73 Å². The Kier molecular flexibility index (Phi) is 8.83. The van der Waals surface area contributed by atoms with E-state index in [2.05, 4.69) is 48.6 Å². The van der Waals surface area contributed by atoms with Crippen molar-refractivity contribution in [3.63, 3.8) is 0 Å². The highest BCUT2D eigenvalue weighted by atomic mass is 16.2. The summed E-state index contributed by atoms with van der Waals surface area (Å²) < 4.78 is 0. The maximum atomic E-state index is 14.7. The minimum atomic E-state index is -0.918. The first-order chi connectivity index (χ1) is 21.8. The molecule has 0 radical (unpaired) electrons. The van der Waals surface area contributed by atoms with E-state index in [0.717, 1.165) is 58.3 Å². The Morgan fingerprint density at radius 1 is 0.867 bits per heavy atom. The molecule has 1 saturated carbocycles. The van der Waals surface area contributed by atoms with E-state index in [1.165, 1.54) is 5.56 Å². The number of benzene rings is 4. The van der Waals surface area contributed by atoms with E-state index in [9.17, 15) is 14.4 Å². The zero-order valence-electron chi connectivity index (χ0n) is 26.0. The number of nitrogens with two attached hydrogens (primary N) is 1. The van der Waals surface area contributed by atoms with Gasteiger partial charge in [0.2, 0.25) is 11.8 Å². The second kappa shape index (κ2) is 13.1. The highest BCUT2D eigenvalue weighted by molar-refractivity contribution is 6.06. The molecule has 3 atom stereocenters. The van der Waals surface area contributed by atoms with Crippen molar-refractivity contribution < 1.29 is 14.4 Å². The molecule has 2 aliphatic rings. The van der Waals surface area contributed by atoms with Gasteiger partial charge in [-0.3, -0.25) is 14.4 Å². The summed E-state index contributed by atoms with van der Waals surface area (Å²) in [5, 5.41) is 3.15. The number of aryl methyl sites for hydroxylation is 1. The highest BCUT2D eigenvalue weighted by Crippen LogP contribution is 2.42. The fourth-order valence-electron chi connectivity index (χ4n) is 6.69. The molecular weight excluding hydrogens is 558 g/mol. The number of carbonyl (C=O) groups is 3. The minimum absolute atomic E-state index is 0.210. The molecule has 1 unspecified atom stereocenters. The van der Waals surface area contributed by atoms with Gasteiger partial charge in [0.05, 0.1) is 12.2 Å². The quantitative estimate of drug-likeness (QED) is 0.189. The maximum Gasteiger partial charge on any atom is 0.254 e. The molecule has 4 aromatic rings. The van der Waals surface area contributed by atoms with Crippen molar-refractivity contribution in [2.75, 3.05) is 4.90 Å². The number of carbonyl (C=O) groups excluding carboxylic acids is 3. The lowest BCUT2D eigenvalue weighted by molar-refractivity contribution is -0.136. The summed E-state index contributed by atoms with van der Waals surface area (Å²) in [7, 11) is 0. The summed E-state index contributed by atoms with van der Waals surface area (Å²) >= 11 is 0. The number of amides is 3. The summed E-state index contributed by atoms with van der Waals surface area (Å²) in [6.07, 6.45) is 4.01. The van der Waals surface area contributed by atoms with Gasteiger partial charge in [0, 0.05) is 17.4 Å². The second-order valence-corrected chi connectivity index (χ2v) is 12.6. The molecule has 4 aromatic carbocycles. The van der Waals surface area contributed by atoms with Gasteiger partial charge in [0.1, 0.15) is 6.04 Å². The lowest BCUT2D eigenvalue weighted by Crippen LogP contribution is -2.46. The van der Waals surface area contributed by atoms with Crippen LogP contribution in [0.25, 0.3) is 22.3 Å². The van der Waals surface area contributed by atoms with Crippen LogP contribution in [0, 0.1) is 24.7 Å². The van der Waals surface area contributed by atoms with Crippen LogP contribution in [-0.4, -0.2) is 17.7 Å². The minimum Gasteiger partial charge on any atom is -0.369 e. The molecule has 1 heterocycles. The topological polar surface area (TPSA) is 92.5 Å².